The first-order valence-corrected chi connectivity index (χ1v) is 14.9. The Bertz CT molecular complexity index is 1390. The number of sulfonamides is 1. The number of unbranched alkanes of at least 4 members (excludes halogenated alkanes) is 3. The van der Waals surface area contributed by atoms with Gasteiger partial charge in [-0.05, 0) is 79.0 Å². The number of nitrogens with one attached hydrogen (secondary N) is 2. The third-order valence-electron chi connectivity index (χ3n) is 6.49. The molecule has 0 fully saturated rings. The lowest BCUT2D eigenvalue weighted by molar-refractivity contribution is 0.175. The normalized spacial score (nSPS) is 11.9. The van der Waals surface area contributed by atoms with E-state index in [1.165, 1.54) is 17.0 Å². The summed E-state index contributed by atoms with van der Waals surface area (Å²) in [6.45, 7) is 3.56. The average Bonchev–Trinajstić information content (AvgIpc) is 2.96. The quantitative estimate of drug-likeness (QED) is 0.197. The molecule has 0 aliphatic carbocycles. The van der Waals surface area contributed by atoms with Crippen molar-refractivity contribution in [2.24, 2.45) is 5.73 Å². The molecule has 0 saturated heterocycles. The van der Waals surface area contributed by atoms with Crippen LogP contribution in [0.3, 0.4) is 0 Å². The maximum absolute atomic E-state index is 12.9. The number of anilines is 2. The Kier molecular flexibility index (Phi) is 11.5. The molecule has 0 aromatic heterocycles. The molecule has 3 aromatic rings. The van der Waals surface area contributed by atoms with Crippen LogP contribution in [0.4, 0.5) is 16.2 Å². The fourth-order valence-corrected chi connectivity index (χ4v) is 5.29. The average molecular weight is 564 g/mol. The molecule has 0 saturated carbocycles. The Balaban J connectivity index is 1.50. The van der Waals surface area contributed by atoms with E-state index >= 15 is 0 Å². The molecule has 0 heterocycles. The minimum atomic E-state index is -3.82. The maximum atomic E-state index is 12.9. The number of nitrogens with two attached hydrogens (primary N) is 1. The number of carbonyl (C=O) groups excluding carboxylic acids is 1. The highest BCUT2D eigenvalue weighted by atomic mass is 32.2. The monoisotopic (exact) mass is 563 g/mol. The van der Waals surface area contributed by atoms with Crippen molar-refractivity contribution in [3.63, 3.8) is 0 Å². The number of rotatable bonds is 15. The minimum absolute atomic E-state index is 0.0822. The fourth-order valence-electron chi connectivity index (χ4n) is 4.23. The van der Waals surface area contributed by atoms with Crippen LogP contribution in [-0.4, -0.2) is 39.2 Å². The number of carbonyl (C=O) groups is 1. The van der Waals surface area contributed by atoms with Gasteiger partial charge in [-0.2, -0.15) is 5.26 Å². The number of nitriles is 1. The number of benzene rings is 3. The van der Waals surface area contributed by atoms with Crippen molar-refractivity contribution in [1.82, 2.24) is 5.32 Å². The summed E-state index contributed by atoms with van der Waals surface area (Å²) in [6, 6.07) is 21.6. The van der Waals surface area contributed by atoms with Gasteiger partial charge in [0.05, 0.1) is 22.6 Å². The van der Waals surface area contributed by atoms with Crippen LogP contribution < -0.4 is 20.7 Å². The molecule has 40 heavy (non-hydrogen) atoms. The molecule has 0 radical (unpaired) electrons. The van der Waals surface area contributed by atoms with Gasteiger partial charge in [-0.3, -0.25) is 9.62 Å². The van der Waals surface area contributed by atoms with Crippen LogP contribution in [0.5, 0.6) is 0 Å². The molecule has 0 aliphatic rings. The van der Waals surface area contributed by atoms with E-state index in [1.807, 2.05) is 12.1 Å². The fraction of sp³-hybridized carbons (Fsp3) is 0.333. The van der Waals surface area contributed by atoms with Crippen LogP contribution in [-0.2, 0) is 16.4 Å². The predicted molar refractivity (Wildman–Crippen MR) is 157 cm³/mol. The number of hydrogen-bond acceptors (Lipinski definition) is 6. The molecule has 2 amide bonds. The summed E-state index contributed by atoms with van der Waals surface area (Å²) in [5, 5.41) is 22.5. The molecule has 1 atom stereocenters. The molecule has 5 N–H and O–H groups in total. The zero-order valence-electron chi connectivity index (χ0n) is 22.7. The van der Waals surface area contributed by atoms with E-state index in [0.29, 0.717) is 48.6 Å². The van der Waals surface area contributed by atoms with Gasteiger partial charge in [0.25, 0.3) is 10.0 Å². The molecule has 10 heteroatoms. The molecule has 3 aromatic carbocycles. The van der Waals surface area contributed by atoms with Crippen LogP contribution in [0.2, 0.25) is 0 Å². The zero-order valence-corrected chi connectivity index (χ0v) is 23.5. The van der Waals surface area contributed by atoms with Crippen LogP contribution >= 0.6 is 0 Å². The van der Waals surface area contributed by atoms with Gasteiger partial charge in [0.1, 0.15) is 0 Å². The first-order valence-electron chi connectivity index (χ1n) is 13.4. The Morgan fingerprint density at radius 3 is 2.42 bits per heavy atom. The third kappa shape index (κ3) is 9.09. The first-order chi connectivity index (χ1) is 19.2. The smallest absolute Gasteiger partial charge is 0.319 e. The van der Waals surface area contributed by atoms with E-state index in [2.05, 4.69) is 23.0 Å². The minimum Gasteiger partial charge on any atom is -0.387 e. The van der Waals surface area contributed by atoms with Crippen molar-refractivity contribution in [2.45, 2.75) is 50.0 Å². The standard InChI is InChI=1S/C30H37N5O4S/c1-2-3-4-5-19-35(30(32)37)27-13-15-28(16-14-27)40(38,39)34-26-11-9-23(10-12-26)17-18-33-22-29(36)25-8-6-7-24(20-25)21-31/h6-16,20,29,33-34,36H,2-5,17-19,22H2,1H3,(H2,32,37)/t29-/m0/s1. The Hall–Kier alpha value is -3.91. The summed E-state index contributed by atoms with van der Waals surface area (Å²) in [4.78, 5) is 13.4. The number of hydrogen-bond donors (Lipinski definition) is 4. The van der Waals surface area contributed by atoms with Crippen molar-refractivity contribution < 1.29 is 18.3 Å². The van der Waals surface area contributed by atoms with Gasteiger partial charge in [-0.25, -0.2) is 13.2 Å². The Labute approximate surface area is 236 Å². The molecule has 0 spiro atoms. The maximum Gasteiger partial charge on any atom is 0.319 e. The zero-order chi connectivity index (χ0) is 29.0. The van der Waals surface area contributed by atoms with E-state index in [-0.39, 0.29) is 4.90 Å². The number of aliphatic hydroxyl groups is 1. The summed E-state index contributed by atoms with van der Waals surface area (Å²) in [7, 11) is -3.82. The number of aliphatic hydroxyl groups excluding tert-OH is 1. The highest BCUT2D eigenvalue weighted by Crippen LogP contribution is 2.22. The molecule has 212 valence electrons. The van der Waals surface area contributed by atoms with E-state index in [1.54, 1.807) is 48.5 Å². The SMILES string of the molecule is CCCCCCN(C(N)=O)c1ccc(S(=O)(=O)Nc2ccc(CCNC[C@H](O)c3cccc(C#N)c3)cc2)cc1. The van der Waals surface area contributed by atoms with Gasteiger partial charge in [0, 0.05) is 24.5 Å². The highest BCUT2D eigenvalue weighted by molar-refractivity contribution is 7.92. The number of primary amides is 1. The first kappa shape index (κ1) is 30.6. The van der Waals surface area contributed by atoms with Gasteiger partial charge in [-0.15, -0.1) is 0 Å². The largest absolute Gasteiger partial charge is 0.387 e. The Morgan fingerprint density at radius 2 is 1.77 bits per heavy atom. The van der Waals surface area contributed by atoms with Gasteiger partial charge in [-0.1, -0.05) is 50.5 Å². The van der Waals surface area contributed by atoms with Crippen molar-refractivity contribution in [3.05, 3.63) is 89.5 Å². The topological polar surface area (TPSA) is 149 Å². The summed E-state index contributed by atoms with van der Waals surface area (Å²) >= 11 is 0. The highest BCUT2D eigenvalue weighted by Gasteiger charge is 2.17. The lowest BCUT2D eigenvalue weighted by Crippen LogP contribution is -2.36. The second-order valence-electron chi connectivity index (χ2n) is 9.55. The van der Waals surface area contributed by atoms with E-state index in [9.17, 15) is 18.3 Å². The molecule has 0 unspecified atom stereocenters. The molecule has 0 bridgehead atoms. The molecule has 3 rings (SSSR count). The number of urea groups is 1. The Morgan fingerprint density at radius 1 is 1.05 bits per heavy atom. The molecular formula is C30H37N5O4S. The second kappa shape index (κ2) is 15.0. The van der Waals surface area contributed by atoms with Gasteiger partial charge in [0.2, 0.25) is 0 Å². The predicted octanol–water partition coefficient (Wildman–Crippen LogP) is 4.69. The van der Waals surface area contributed by atoms with Crippen LogP contribution in [0.1, 0.15) is 55.4 Å². The summed E-state index contributed by atoms with van der Waals surface area (Å²) < 4.78 is 28.4. The van der Waals surface area contributed by atoms with E-state index in [0.717, 1.165) is 31.2 Å². The van der Waals surface area contributed by atoms with Crippen molar-refractivity contribution in [2.75, 3.05) is 29.3 Å². The van der Waals surface area contributed by atoms with Crippen LogP contribution in [0.15, 0.2) is 77.7 Å². The van der Waals surface area contributed by atoms with Gasteiger partial charge < -0.3 is 16.2 Å². The van der Waals surface area contributed by atoms with Crippen molar-refractivity contribution in [3.8, 4) is 6.07 Å². The summed E-state index contributed by atoms with van der Waals surface area (Å²) in [6.07, 6.45) is 3.95. The van der Waals surface area contributed by atoms with Gasteiger partial charge in [0.15, 0.2) is 0 Å². The van der Waals surface area contributed by atoms with Crippen molar-refractivity contribution in [1.29, 1.82) is 5.26 Å². The number of amides is 2. The van der Waals surface area contributed by atoms with Crippen LogP contribution in [0.25, 0.3) is 0 Å². The third-order valence-corrected chi connectivity index (χ3v) is 7.89. The van der Waals surface area contributed by atoms with E-state index in [4.69, 9.17) is 11.0 Å². The lowest BCUT2D eigenvalue weighted by Gasteiger charge is -2.21. The van der Waals surface area contributed by atoms with Crippen molar-refractivity contribution >= 4 is 27.4 Å². The summed E-state index contributed by atoms with van der Waals surface area (Å²) in [5.74, 6) is 0. The summed E-state index contributed by atoms with van der Waals surface area (Å²) in [5.41, 5.74) is 8.73. The second-order valence-corrected chi connectivity index (χ2v) is 11.2. The van der Waals surface area contributed by atoms with Crippen LogP contribution in [0, 0.1) is 11.3 Å². The molecular weight excluding hydrogens is 526 g/mol. The van der Waals surface area contributed by atoms with E-state index < -0.39 is 22.2 Å². The number of nitrogens with zero attached hydrogens (tertiary/aromatic N) is 2. The molecule has 9 nitrogen and oxygen atoms in total. The van der Waals surface area contributed by atoms with Gasteiger partial charge >= 0.3 is 6.03 Å². The molecule has 0 aliphatic heterocycles. The lowest BCUT2D eigenvalue weighted by atomic mass is 10.1.